The van der Waals surface area contributed by atoms with Crippen LogP contribution in [0.3, 0.4) is 0 Å². The summed E-state index contributed by atoms with van der Waals surface area (Å²) in [4.78, 5) is 27.2. The molecule has 3 heterocycles. The first-order valence-electron chi connectivity index (χ1n) is 8.62. The molecule has 6 nitrogen and oxygen atoms in total. The van der Waals surface area contributed by atoms with Crippen LogP contribution in [0.5, 0.6) is 0 Å². The maximum absolute atomic E-state index is 11.9. The highest BCUT2D eigenvalue weighted by molar-refractivity contribution is 7.09. The highest BCUT2D eigenvalue weighted by atomic mass is 32.1. The molecule has 0 bridgehead atoms. The summed E-state index contributed by atoms with van der Waals surface area (Å²) in [6.07, 6.45) is 3.26. The van der Waals surface area contributed by atoms with Crippen molar-refractivity contribution in [2.75, 3.05) is 32.8 Å². The summed E-state index contributed by atoms with van der Waals surface area (Å²) in [5, 5.41) is 7.38. The topological polar surface area (TPSA) is 70.7 Å². The second-order valence-electron chi connectivity index (χ2n) is 6.47. The fourth-order valence-corrected chi connectivity index (χ4v) is 3.95. The molecular weight excluding hydrogens is 326 g/mol. The van der Waals surface area contributed by atoms with Gasteiger partial charge in [-0.1, -0.05) is 6.07 Å². The first-order chi connectivity index (χ1) is 11.7. The van der Waals surface area contributed by atoms with Crippen LogP contribution in [0.15, 0.2) is 17.5 Å². The number of carbonyl (C=O) groups is 2. The van der Waals surface area contributed by atoms with E-state index in [1.54, 1.807) is 11.3 Å². The van der Waals surface area contributed by atoms with Gasteiger partial charge in [0.25, 0.3) is 0 Å². The van der Waals surface area contributed by atoms with Gasteiger partial charge in [-0.2, -0.15) is 0 Å². The van der Waals surface area contributed by atoms with Gasteiger partial charge >= 0.3 is 11.8 Å². The minimum Gasteiger partial charge on any atom is -0.380 e. The third kappa shape index (κ3) is 4.78. The lowest BCUT2D eigenvalue weighted by Crippen LogP contribution is -2.45. The molecule has 0 saturated carbocycles. The minimum absolute atomic E-state index is 0.409. The molecule has 1 aromatic heterocycles. The predicted octanol–water partition coefficient (Wildman–Crippen LogP) is 0.981. The fourth-order valence-electron chi connectivity index (χ4n) is 3.31. The van der Waals surface area contributed by atoms with E-state index >= 15 is 0 Å². The molecular formula is C17H25N3O3S. The summed E-state index contributed by atoms with van der Waals surface area (Å²) in [5.74, 6) is -0.625. The molecule has 24 heavy (non-hydrogen) atoms. The van der Waals surface area contributed by atoms with Crippen molar-refractivity contribution in [1.29, 1.82) is 0 Å². The summed E-state index contributed by atoms with van der Waals surface area (Å²) >= 11 is 1.56. The fraction of sp³-hybridized carbons (Fsp3) is 0.647. The maximum Gasteiger partial charge on any atom is 0.309 e. The van der Waals surface area contributed by atoms with Crippen LogP contribution < -0.4 is 10.6 Å². The molecule has 2 saturated heterocycles. The van der Waals surface area contributed by atoms with E-state index in [2.05, 4.69) is 15.5 Å². The summed E-state index contributed by atoms with van der Waals surface area (Å²) < 4.78 is 5.45. The van der Waals surface area contributed by atoms with E-state index in [0.717, 1.165) is 50.4 Å². The van der Waals surface area contributed by atoms with Crippen molar-refractivity contribution in [1.82, 2.24) is 15.5 Å². The number of amides is 2. The Morgan fingerprint density at radius 2 is 2.00 bits per heavy atom. The molecule has 2 fully saturated rings. The van der Waals surface area contributed by atoms with Crippen LogP contribution in [0.2, 0.25) is 0 Å². The van der Waals surface area contributed by atoms with E-state index in [4.69, 9.17) is 4.74 Å². The van der Waals surface area contributed by atoms with Crippen LogP contribution in [0, 0.1) is 5.92 Å². The molecule has 0 spiro atoms. The minimum atomic E-state index is -0.552. The molecule has 3 rings (SSSR count). The Bertz CT molecular complexity index is 535. The lowest BCUT2D eigenvalue weighted by molar-refractivity contribution is -0.139. The molecule has 132 valence electrons. The highest BCUT2D eigenvalue weighted by Crippen LogP contribution is 2.21. The van der Waals surface area contributed by atoms with E-state index in [1.165, 1.54) is 0 Å². The monoisotopic (exact) mass is 351 g/mol. The van der Waals surface area contributed by atoms with Crippen molar-refractivity contribution in [3.8, 4) is 0 Å². The number of likely N-dealkylation sites (tertiary alicyclic amines) is 1. The Kier molecular flexibility index (Phi) is 6.23. The molecule has 1 unspecified atom stereocenters. The molecule has 7 heteroatoms. The van der Waals surface area contributed by atoms with Gasteiger partial charge in [-0.3, -0.25) is 14.5 Å². The van der Waals surface area contributed by atoms with Gasteiger partial charge in [-0.05, 0) is 49.7 Å². The van der Waals surface area contributed by atoms with E-state index in [-0.39, 0.29) is 0 Å². The number of ether oxygens (including phenoxy) is 1. The summed E-state index contributed by atoms with van der Waals surface area (Å²) in [5.41, 5.74) is 0. The van der Waals surface area contributed by atoms with Crippen LogP contribution in [0.4, 0.5) is 0 Å². The molecule has 1 aromatic rings. The highest BCUT2D eigenvalue weighted by Gasteiger charge is 2.28. The van der Waals surface area contributed by atoms with Gasteiger partial charge in [0.1, 0.15) is 0 Å². The summed E-state index contributed by atoms with van der Waals surface area (Å²) in [6.45, 7) is 4.83. The Morgan fingerprint density at radius 3 is 2.67 bits per heavy atom. The zero-order valence-electron chi connectivity index (χ0n) is 13.8. The van der Waals surface area contributed by atoms with Crippen molar-refractivity contribution in [2.24, 2.45) is 5.92 Å². The lowest BCUT2D eigenvalue weighted by atomic mass is 9.95. The summed E-state index contributed by atoms with van der Waals surface area (Å²) in [7, 11) is 0. The second-order valence-corrected chi connectivity index (χ2v) is 7.50. The third-order valence-electron chi connectivity index (χ3n) is 4.83. The third-order valence-corrected chi connectivity index (χ3v) is 5.71. The Labute approximate surface area is 146 Å². The molecule has 2 N–H and O–H groups in total. The van der Waals surface area contributed by atoms with Crippen LogP contribution in [0.1, 0.15) is 24.1 Å². The number of thiophene rings is 1. The first-order valence-corrected chi connectivity index (χ1v) is 9.50. The maximum atomic E-state index is 11.9. The number of hydrogen-bond acceptors (Lipinski definition) is 5. The molecule has 2 amide bonds. The Balaban J connectivity index is 1.32. The van der Waals surface area contributed by atoms with Gasteiger partial charge in [0, 0.05) is 24.1 Å². The number of piperidine rings is 1. The van der Waals surface area contributed by atoms with E-state index < -0.39 is 11.8 Å². The molecule has 1 atom stereocenters. The average molecular weight is 351 g/mol. The molecule has 0 aliphatic carbocycles. The van der Waals surface area contributed by atoms with Crippen molar-refractivity contribution in [3.63, 3.8) is 0 Å². The number of nitrogens with one attached hydrogen (secondary N) is 2. The van der Waals surface area contributed by atoms with Crippen molar-refractivity contribution >= 4 is 23.2 Å². The molecule has 0 radical (unpaired) electrons. The standard InChI is InChI=1S/C17H25N3O3S/c21-16(17(22)19-11-15-2-1-9-24-15)18-10-13-3-6-20(7-4-13)14-5-8-23-12-14/h1-2,9,13-14H,3-8,10-12H2,(H,18,21)(H,19,22). The first kappa shape index (κ1) is 17.4. The van der Waals surface area contributed by atoms with Gasteiger partial charge in [0.05, 0.1) is 13.2 Å². The second kappa shape index (κ2) is 8.60. The molecule has 2 aliphatic heterocycles. The van der Waals surface area contributed by atoms with Crippen molar-refractivity contribution < 1.29 is 14.3 Å². The normalized spacial score (nSPS) is 22.4. The Hall–Kier alpha value is -1.44. The van der Waals surface area contributed by atoms with Crippen LogP contribution in [-0.2, 0) is 20.9 Å². The molecule has 2 aliphatic rings. The van der Waals surface area contributed by atoms with E-state index in [1.807, 2.05) is 17.5 Å². The van der Waals surface area contributed by atoms with Crippen molar-refractivity contribution in [2.45, 2.75) is 31.8 Å². The van der Waals surface area contributed by atoms with Gasteiger partial charge in [-0.15, -0.1) is 11.3 Å². The number of nitrogens with zero attached hydrogens (tertiary/aromatic N) is 1. The van der Waals surface area contributed by atoms with Crippen LogP contribution >= 0.6 is 11.3 Å². The number of hydrogen-bond donors (Lipinski definition) is 2. The summed E-state index contributed by atoms with van der Waals surface area (Å²) in [6, 6.07) is 4.44. The van der Waals surface area contributed by atoms with Gasteiger partial charge in [-0.25, -0.2) is 0 Å². The zero-order chi connectivity index (χ0) is 16.8. The largest absolute Gasteiger partial charge is 0.380 e. The smallest absolute Gasteiger partial charge is 0.309 e. The van der Waals surface area contributed by atoms with E-state index in [0.29, 0.717) is 25.0 Å². The zero-order valence-corrected chi connectivity index (χ0v) is 14.6. The predicted molar refractivity (Wildman–Crippen MR) is 92.7 cm³/mol. The van der Waals surface area contributed by atoms with E-state index in [9.17, 15) is 9.59 Å². The van der Waals surface area contributed by atoms with Crippen LogP contribution in [-0.4, -0.2) is 55.6 Å². The van der Waals surface area contributed by atoms with Gasteiger partial charge < -0.3 is 15.4 Å². The number of carbonyl (C=O) groups excluding carboxylic acids is 2. The van der Waals surface area contributed by atoms with Gasteiger partial charge in [0.15, 0.2) is 0 Å². The SMILES string of the molecule is O=C(NCc1cccs1)C(=O)NCC1CCN(C2CCOC2)CC1. The quantitative estimate of drug-likeness (QED) is 0.776. The lowest BCUT2D eigenvalue weighted by Gasteiger charge is -2.35. The average Bonchev–Trinajstić information content (AvgIpc) is 3.31. The Morgan fingerprint density at radius 1 is 1.21 bits per heavy atom. The number of rotatable bonds is 5. The molecule has 0 aromatic carbocycles. The van der Waals surface area contributed by atoms with Crippen molar-refractivity contribution in [3.05, 3.63) is 22.4 Å². The van der Waals surface area contributed by atoms with Crippen LogP contribution in [0.25, 0.3) is 0 Å². The van der Waals surface area contributed by atoms with Gasteiger partial charge in [0.2, 0.25) is 0 Å².